The normalized spacial score (nSPS) is 14.8. The van der Waals surface area contributed by atoms with Gasteiger partial charge in [0.1, 0.15) is 12.1 Å². The van der Waals surface area contributed by atoms with Gasteiger partial charge in [-0.15, -0.1) is 0 Å². The molecule has 46 heavy (non-hydrogen) atoms. The summed E-state index contributed by atoms with van der Waals surface area (Å²) in [4.78, 5) is 10.4. The highest BCUT2D eigenvalue weighted by atomic mass is 19.3. The highest BCUT2D eigenvalue weighted by Gasteiger charge is 2.43. The van der Waals surface area contributed by atoms with E-state index < -0.39 is 17.8 Å². The first-order chi connectivity index (χ1) is 22.3. The van der Waals surface area contributed by atoms with Gasteiger partial charge in [0.2, 0.25) is 5.70 Å². The minimum atomic E-state index is -2.80. The Morgan fingerprint density at radius 3 is 1.59 bits per heavy atom. The van der Waals surface area contributed by atoms with Crippen LogP contribution in [0.15, 0.2) is 59.9 Å². The molecular formula is C36H12F2N8. The van der Waals surface area contributed by atoms with E-state index in [1.807, 2.05) is 31.2 Å². The van der Waals surface area contributed by atoms with Crippen molar-refractivity contribution in [2.45, 2.75) is 13.3 Å². The van der Waals surface area contributed by atoms with E-state index >= 15 is 0 Å². The topological polar surface area (TPSA) is 132 Å². The quantitative estimate of drug-likeness (QED) is 0.223. The van der Waals surface area contributed by atoms with Crippen LogP contribution in [0.5, 0.6) is 0 Å². The van der Waals surface area contributed by atoms with Gasteiger partial charge in [0.15, 0.2) is 0 Å². The molecule has 3 aromatic carbocycles. The van der Waals surface area contributed by atoms with Crippen molar-refractivity contribution in [3.05, 3.63) is 150 Å². The van der Waals surface area contributed by atoms with Crippen LogP contribution in [0.25, 0.3) is 48.1 Å². The Balaban J connectivity index is 2.07. The van der Waals surface area contributed by atoms with E-state index in [1.54, 1.807) is 30.3 Å². The first-order valence-corrected chi connectivity index (χ1v) is 13.1. The van der Waals surface area contributed by atoms with Crippen LogP contribution in [-0.4, -0.2) is 0 Å². The largest absolute Gasteiger partial charge is 0.270 e. The lowest BCUT2D eigenvalue weighted by Crippen LogP contribution is -2.04. The van der Waals surface area contributed by atoms with Crippen molar-refractivity contribution in [1.82, 2.24) is 0 Å². The predicted molar refractivity (Wildman–Crippen MR) is 163 cm³/mol. The van der Waals surface area contributed by atoms with Crippen LogP contribution in [0, 0.1) is 83.3 Å². The lowest BCUT2D eigenvalue weighted by molar-refractivity contribution is 0.151. The summed E-state index contributed by atoms with van der Waals surface area (Å²) < 4.78 is 26.8. The summed E-state index contributed by atoms with van der Waals surface area (Å²) in [5.74, 6) is 0. The minimum Gasteiger partial charge on any atom is -0.237 e. The Hall–Kier alpha value is -7.60. The van der Waals surface area contributed by atoms with E-state index in [0.717, 1.165) is 17.7 Å². The van der Waals surface area contributed by atoms with Gasteiger partial charge in [-0.25, -0.2) is 33.8 Å². The number of nitriles is 5. The number of rotatable bonds is 3. The first kappa shape index (κ1) is 29.9. The molecule has 0 fully saturated rings. The zero-order valence-corrected chi connectivity index (χ0v) is 23.5. The summed E-state index contributed by atoms with van der Waals surface area (Å²) in [6.07, 6.45) is -2.80. The van der Waals surface area contributed by atoms with Crippen LogP contribution in [0.2, 0.25) is 0 Å². The molecule has 2 aliphatic carbocycles. The maximum atomic E-state index is 13.4. The van der Waals surface area contributed by atoms with Gasteiger partial charge in [0, 0.05) is 22.3 Å². The van der Waals surface area contributed by atoms with Gasteiger partial charge in [-0.1, -0.05) is 54.1 Å². The van der Waals surface area contributed by atoms with E-state index in [0.29, 0.717) is 5.56 Å². The zero-order valence-electron chi connectivity index (χ0n) is 23.5. The molecule has 10 heteroatoms. The minimum absolute atomic E-state index is 0.0362. The molecule has 0 saturated heterocycles. The van der Waals surface area contributed by atoms with Crippen molar-refractivity contribution in [1.29, 1.82) is 26.3 Å². The van der Waals surface area contributed by atoms with Crippen LogP contribution < -0.4 is 0 Å². The number of halogens is 2. The molecule has 0 spiro atoms. The number of nitrogens with zero attached hydrogens (tertiary/aromatic N) is 8. The lowest BCUT2D eigenvalue weighted by atomic mass is 9.84. The summed E-state index contributed by atoms with van der Waals surface area (Å²) in [6, 6.07) is 21.4. The fraction of sp³-hybridized carbons (Fsp3) is 0.0556. The molecule has 2 aliphatic rings. The van der Waals surface area contributed by atoms with Gasteiger partial charge >= 0.3 is 0 Å². The second-order valence-electron chi connectivity index (χ2n) is 9.85. The number of aryl methyl sites for hydroxylation is 1. The highest BCUT2D eigenvalue weighted by Crippen LogP contribution is 2.58. The Kier molecular flexibility index (Phi) is 7.52. The van der Waals surface area contributed by atoms with Crippen LogP contribution in [0.1, 0.15) is 62.1 Å². The number of benzene rings is 3. The summed E-state index contributed by atoms with van der Waals surface area (Å²) in [6.45, 7) is 25.5. The molecule has 0 atom stereocenters. The van der Waals surface area contributed by atoms with Crippen molar-refractivity contribution in [3.8, 4) is 30.3 Å². The van der Waals surface area contributed by atoms with Crippen molar-refractivity contribution < 1.29 is 8.78 Å². The van der Waals surface area contributed by atoms with Crippen molar-refractivity contribution in [2.24, 2.45) is 0 Å². The number of hydrogen-bond donors (Lipinski definition) is 0. The summed E-state index contributed by atoms with van der Waals surface area (Å²) >= 11 is 0. The molecule has 0 saturated carbocycles. The van der Waals surface area contributed by atoms with Gasteiger partial charge in [-0.3, -0.25) is 0 Å². The monoisotopic (exact) mass is 594 g/mol. The van der Waals surface area contributed by atoms with Crippen molar-refractivity contribution >= 4 is 33.6 Å². The molecule has 0 amide bonds. The van der Waals surface area contributed by atoms with Gasteiger partial charge in [0.25, 0.3) is 17.8 Å². The third-order valence-corrected chi connectivity index (χ3v) is 7.62. The Bertz CT molecular complexity index is 2370. The maximum absolute atomic E-state index is 13.4. The standard InChI is InChI=1S/C36H12F2N8/c1-18-5-7-20(8-6-18)28-34(26(17-43)45-3)31-23(14-40)29-22(13-39)27(19-9-11-21(12-10-19)36(37)38)33(25(16-42)44-2)30(29)24(15-41)32(31)35(28)46-4/h5-12,36H,1H3/b33-25-,34-26+. The maximum Gasteiger partial charge on any atom is 0.270 e. The van der Waals surface area contributed by atoms with Gasteiger partial charge < -0.3 is 0 Å². The molecule has 0 radical (unpaired) electrons. The molecule has 0 aromatic heterocycles. The van der Waals surface area contributed by atoms with E-state index in [1.165, 1.54) is 12.1 Å². The Morgan fingerprint density at radius 2 is 1.13 bits per heavy atom. The van der Waals surface area contributed by atoms with E-state index in [-0.39, 0.29) is 78.1 Å². The smallest absolute Gasteiger partial charge is 0.237 e. The van der Waals surface area contributed by atoms with Crippen LogP contribution in [-0.2, 0) is 0 Å². The van der Waals surface area contributed by atoms with Crippen LogP contribution in [0.4, 0.5) is 8.78 Å². The van der Waals surface area contributed by atoms with E-state index in [9.17, 15) is 35.1 Å². The SMILES string of the molecule is [C-]#[N+]C1=C(c2ccc(C)cc2)/C(=C(/C#N)[N+]#[C-])c2c(C#N)c3c(c(C#N)c21)/C(=C(/C#N)[N+]#[C-])C(c1ccc(C(F)F)cc1)=C3C#N. The Labute approximate surface area is 261 Å². The molecule has 0 aliphatic heterocycles. The molecule has 0 bridgehead atoms. The molecular weight excluding hydrogens is 582 g/mol. The average molecular weight is 595 g/mol. The van der Waals surface area contributed by atoms with Crippen molar-refractivity contribution in [3.63, 3.8) is 0 Å². The van der Waals surface area contributed by atoms with E-state index in [2.05, 4.69) is 14.5 Å². The molecule has 3 aromatic rings. The Morgan fingerprint density at radius 1 is 0.652 bits per heavy atom. The van der Waals surface area contributed by atoms with Crippen LogP contribution >= 0.6 is 0 Å². The molecule has 0 heterocycles. The zero-order chi connectivity index (χ0) is 33.3. The second-order valence-corrected chi connectivity index (χ2v) is 9.85. The first-order valence-electron chi connectivity index (χ1n) is 13.1. The third-order valence-electron chi connectivity index (χ3n) is 7.62. The van der Waals surface area contributed by atoms with Crippen LogP contribution in [0.3, 0.4) is 0 Å². The summed E-state index contributed by atoms with van der Waals surface area (Å²) in [5.41, 5.74) is -1.29. The fourth-order valence-electron chi connectivity index (χ4n) is 5.76. The molecule has 0 N–H and O–H groups in total. The number of alkyl halides is 2. The predicted octanol–water partition coefficient (Wildman–Crippen LogP) is 8.23. The van der Waals surface area contributed by atoms with Gasteiger partial charge in [0.05, 0.1) is 54.6 Å². The van der Waals surface area contributed by atoms with Gasteiger partial charge in [-0.05, 0) is 45.9 Å². The second kappa shape index (κ2) is 11.6. The summed E-state index contributed by atoms with van der Waals surface area (Å²) in [7, 11) is 0. The number of fused-ring (bicyclic) bond motifs is 2. The lowest BCUT2D eigenvalue weighted by Gasteiger charge is -2.16. The molecule has 0 unspecified atom stereocenters. The molecule has 5 rings (SSSR count). The molecule has 8 nitrogen and oxygen atoms in total. The third kappa shape index (κ3) is 4.19. The molecule has 210 valence electrons. The highest BCUT2D eigenvalue weighted by molar-refractivity contribution is 6.31. The van der Waals surface area contributed by atoms with E-state index in [4.69, 9.17) is 19.7 Å². The fourth-order valence-corrected chi connectivity index (χ4v) is 5.76. The van der Waals surface area contributed by atoms with Gasteiger partial charge in [-0.2, -0.15) is 15.8 Å². The number of hydrogen-bond acceptors (Lipinski definition) is 5. The summed E-state index contributed by atoms with van der Waals surface area (Å²) in [5, 5.41) is 51.9. The van der Waals surface area contributed by atoms with Crippen molar-refractivity contribution in [2.75, 3.05) is 0 Å². The average Bonchev–Trinajstić information content (AvgIpc) is 3.59. The number of allylic oxidation sites excluding steroid dienone is 7.